The molecular weight excluding hydrogens is 375 g/mol. The van der Waals surface area contributed by atoms with Crippen molar-refractivity contribution in [1.29, 1.82) is 0 Å². The highest BCUT2D eigenvalue weighted by molar-refractivity contribution is 5.99. The Kier molecular flexibility index (Phi) is 5.56. The number of aromatic nitrogens is 1. The van der Waals surface area contributed by atoms with E-state index in [0.29, 0.717) is 29.8 Å². The van der Waals surface area contributed by atoms with E-state index in [1.807, 2.05) is 11.8 Å². The molecular formula is C21H27FN4O3. The van der Waals surface area contributed by atoms with E-state index in [-0.39, 0.29) is 29.7 Å². The molecule has 156 valence electrons. The molecule has 2 N–H and O–H groups in total. The van der Waals surface area contributed by atoms with Crippen LogP contribution in [-0.2, 0) is 9.53 Å². The van der Waals surface area contributed by atoms with Crippen molar-refractivity contribution in [3.05, 3.63) is 35.3 Å². The molecule has 1 aromatic heterocycles. The number of carbonyl (C=O) groups is 2. The lowest BCUT2D eigenvalue weighted by atomic mass is 10.0. The summed E-state index contributed by atoms with van der Waals surface area (Å²) in [7, 11) is 0. The molecule has 4 rings (SSSR count). The number of hydrogen-bond donors (Lipinski definition) is 2. The Morgan fingerprint density at radius 1 is 1.21 bits per heavy atom. The maximum atomic E-state index is 14.0. The predicted octanol–water partition coefficient (Wildman–Crippen LogP) is 1.67. The molecule has 2 aliphatic rings. The van der Waals surface area contributed by atoms with Gasteiger partial charge in [0.1, 0.15) is 11.5 Å². The van der Waals surface area contributed by atoms with Crippen molar-refractivity contribution in [3.63, 3.8) is 0 Å². The second-order valence-corrected chi connectivity index (χ2v) is 7.98. The number of fused-ring (bicyclic) bond motifs is 1. The molecule has 0 aliphatic carbocycles. The number of rotatable bonds is 3. The lowest BCUT2D eigenvalue weighted by Crippen LogP contribution is -2.56. The van der Waals surface area contributed by atoms with Crippen LogP contribution < -0.4 is 5.32 Å². The van der Waals surface area contributed by atoms with Crippen LogP contribution in [-0.4, -0.2) is 78.1 Å². The number of ether oxygens (including phenoxy) is 1. The van der Waals surface area contributed by atoms with Crippen molar-refractivity contribution in [2.24, 2.45) is 0 Å². The lowest BCUT2D eigenvalue weighted by Gasteiger charge is -2.42. The predicted molar refractivity (Wildman–Crippen MR) is 107 cm³/mol. The van der Waals surface area contributed by atoms with Crippen molar-refractivity contribution >= 4 is 22.7 Å². The third-order valence-electron chi connectivity index (χ3n) is 5.99. The third-order valence-corrected chi connectivity index (χ3v) is 5.99. The number of benzene rings is 1. The molecule has 2 amide bonds. The summed E-state index contributed by atoms with van der Waals surface area (Å²) >= 11 is 0. The molecule has 2 fully saturated rings. The molecule has 2 aliphatic heterocycles. The highest BCUT2D eigenvalue weighted by Gasteiger charge is 2.31. The van der Waals surface area contributed by atoms with E-state index < -0.39 is 0 Å². The second kappa shape index (κ2) is 8.12. The molecule has 0 saturated carbocycles. The van der Waals surface area contributed by atoms with Gasteiger partial charge < -0.3 is 19.9 Å². The van der Waals surface area contributed by atoms with Gasteiger partial charge in [0.05, 0.1) is 24.8 Å². The average molecular weight is 402 g/mol. The van der Waals surface area contributed by atoms with Gasteiger partial charge in [0.25, 0.3) is 5.91 Å². The van der Waals surface area contributed by atoms with Gasteiger partial charge in [-0.1, -0.05) is 6.07 Å². The zero-order chi connectivity index (χ0) is 20.5. The first-order chi connectivity index (χ1) is 13.9. The summed E-state index contributed by atoms with van der Waals surface area (Å²) in [5.74, 6) is -0.484. The van der Waals surface area contributed by atoms with Gasteiger partial charge in [-0.25, -0.2) is 4.39 Å². The molecule has 0 bridgehead atoms. The van der Waals surface area contributed by atoms with Crippen molar-refractivity contribution in [1.82, 2.24) is 20.1 Å². The summed E-state index contributed by atoms with van der Waals surface area (Å²) in [4.78, 5) is 31.5. The van der Waals surface area contributed by atoms with Crippen LogP contribution in [0.3, 0.4) is 0 Å². The van der Waals surface area contributed by atoms with Crippen molar-refractivity contribution in [2.75, 3.05) is 39.4 Å². The van der Waals surface area contributed by atoms with Gasteiger partial charge in [0.2, 0.25) is 5.91 Å². The number of piperazine rings is 1. The first kappa shape index (κ1) is 19.8. The number of hydrogen-bond acceptors (Lipinski definition) is 4. The smallest absolute Gasteiger partial charge is 0.268 e. The summed E-state index contributed by atoms with van der Waals surface area (Å²) in [5.41, 5.74) is 1.90. The summed E-state index contributed by atoms with van der Waals surface area (Å²) in [6.07, 6.45) is 0.791. The minimum atomic E-state index is -0.341. The lowest BCUT2D eigenvalue weighted by molar-refractivity contribution is -0.131. The minimum absolute atomic E-state index is 0.107. The van der Waals surface area contributed by atoms with Crippen molar-refractivity contribution in [2.45, 2.75) is 32.4 Å². The first-order valence-corrected chi connectivity index (χ1v) is 10.1. The van der Waals surface area contributed by atoms with E-state index in [1.165, 1.54) is 6.07 Å². The highest BCUT2D eigenvalue weighted by Crippen LogP contribution is 2.23. The maximum Gasteiger partial charge on any atom is 0.268 e. The SMILES string of the molecule is CC(=O)N1CCN([C@@H]2COC[C@@H](NC(=O)c3cc4c(F)ccc(C)c4[nH]3)C2)CC1. The quantitative estimate of drug-likeness (QED) is 0.819. The molecule has 29 heavy (non-hydrogen) atoms. The van der Waals surface area contributed by atoms with E-state index >= 15 is 0 Å². The number of nitrogens with zero attached hydrogens (tertiary/aromatic N) is 2. The summed E-state index contributed by atoms with van der Waals surface area (Å²) in [6.45, 7) is 7.65. The van der Waals surface area contributed by atoms with Crippen molar-refractivity contribution in [3.8, 4) is 0 Å². The molecule has 1 aromatic carbocycles. The van der Waals surface area contributed by atoms with Gasteiger partial charge in [-0.05, 0) is 31.0 Å². The van der Waals surface area contributed by atoms with Gasteiger partial charge in [0.15, 0.2) is 0 Å². The Morgan fingerprint density at radius 2 is 1.97 bits per heavy atom. The van der Waals surface area contributed by atoms with Crippen LogP contribution in [0.4, 0.5) is 4.39 Å². The van der Waals surface area contributed by atoms with Crippen LogP contribution in [0.25, 0.3) is 10.9 Å². The molecule has 2 atom stereocenters. The number of H-pyrrole nitrogens is 1. The van der Waals surface area contributed by atoms with Gasteiger partial charge in [-0.15, -0.1) is 0 Å². The Bertz CT molecular complexity index is 881. The molecule has 0 radical (unpaired) electrons. The number of nitrogens with one attached hydrogen (secondary N) is 2. The Morgan fingerprint density at radius 3 is 2.66 bits per heavy atom. The van der Waals surface area contributed by atoms with Gasteiger partial charge in [-0.3, -0.25) is 14.5 Å². The number of amides is 2. The summed E-state index contributed by atoms with van der Waals surface area (Å²) < 4.78 is 19.8. The van der Waals surface area contributed by atoms with Crippen LogP contribution in [0.5, 0.6) is 0 Å². The van der Waals surface area contributed by atoms with Crippen LogP contribution in [0, 0.1) is 12.7 Å². The van der Waals surface area contributed by atoms with E-state index in [2.05, 4.69) is 15.2 Å². The maximum absolute atomic E-state index is 14.0. The normalized spacial score (nSPS) is 23.3. The van der Waals surface area contributed by atoms with E-state index in [0.717, 1.165) is 38.2 Å². The molecule has 7 nitrogen and oxygen atoms in total. The highest BCUT2D eigenvalue weighted by atomic mass is 19.1. The molecule has 3 heterocycles. The third kappa shape index (κ3) is 4.13. The Labute approximate surface area is 169 Å². The van der Waals surface area contributed by atoms with E-state index in [1.54, 1.807) is 19.1 Å². The molecule has 2 saturated heterocycles. The van der Waals surface area contributed by atoms with E-state index in [4.69, 9.17) is 4.74 Å². The van der Waals surface area contributed by atoms with Gasteiger partial charge in [0, 0.05) is 44.5 Å². The van der Waals surface area contributed by atoms with Crippen LogP contribution in [0.2, 0.25) is 0 Å². The monoisotopic (exact) mass is 402 g/mol. The van der Waals surface area contributed by atoms with Crippen LogP contribution >= 0.6 is 0 Å². The average Bonchev–Trinajstić information content (AvgIpc) is 3.18. The fraction of sp³-hybridized carbons (Fsp3) is 0.524. The Balaban J connectivity index is 1.38. The fourth-order valence-electron chi connectivity index (χ4n) is 4.28. The molecule has 2 aromatic rings. The zero-order valence-corrected chi connectivity index (χ0v) is 16.8. The van der Waals surface area contributed by atoms with Gasteiger partial charge in [-0.2, -0.15) is 0 Å². The fourth-order valence-corrected chi connectivity index (χ4v) is 4.28. The van der Waals surface area contributed by atoms with Crippen LogP contribution in [0.1, 0.15) is 29.4 Å². The molecule has 8 heteroatoms. The first-order valence-electron chi connectivity index (χ1n) is 10.1. The Hall–Kier alpha value is -2.45. The number of aromatic amines is 1. The number of halogens is 1. The standard InChI is InChI=1S/C21H27FN4O3/c1-13-3-4-18(22)17-10-19(24-20(13)17)21(28)23-15-9-16(12-29-11-15)26-7-5-25(6-8-26)14(2)27/h3-4,10,15-16,24H,5-9,11-12H2,1-2H3,(H,23,28)/t15-,16-/m0/s1. The van der Waals surface area contributed by atoms with Gasteiger partial charge >= 0.3 is 0 Å². The molecule has 0 spiro atoms. The van der Waals surface area contributed by atoms with Crippen molar-refractivity contribution < 1.29 is 18.7 Å². The number of carbonyl (C=O) groups excluding carboxylic acids is 2. The zero-order valence-electron chi connectivity index (χ0n) is 16.8. The topological polar surface area (TPSA) is 77.7 Å². The minimum Gasteiger partial charge on any atom is -0.378 e. The number of aryl methyl sites for hydroxylation is 1. The second-order valence-electron chi connectivity index (χ2n) is 7.98. The summed E-state index contributed by atoms with van der Waals surface area (Å²) in [6, 6.07) is 4.78. The van der Waals surface area contributed by atoms with E-state index in [9.17, 15) is 14.0 Å². The summed E-state index contributed by atoms with van der Waals surface area (Å²) in [5, 5.41) is 3.45. The van der Waals surface area contributed by atoms with Crippen LogP contribution in [0.15, 0.2) is 18.2 Å². The largest absolute Gasteiger partial charge is 0.378 e. The molecule has 0 unspecified atom stereocenters.